The van der Waals surface area contributed by atoms with Crippen LogP contribution in [-0.4, -0.2) is 59.1 Å². The van der Waals surface area contributed by atoms with Crippen LogP contribution in [-0.2, 0) is 16.0 Å². The molecule has 6 heteroatoms. The Kier molecular flexibility index (Phi) is 7.95. The lowest BCUT2D eigenvalue weighted by Gasteiger charge is -2.37. The summed E-state index contributed by atoms with van der Waals surface area (Å²) >= 11 is 0. The molecule has 1 aromatic heterocycles. The van der Waals surface area contributed by atoms with Crippen molar-refractivity contribution in [1.29, 1.82) is 0 Å². The van der Waals surface area contributed by atoms with Crippen LogP contribution in [0.3, 0.4) is 0 Å². The highest BCUT2D eigenvalue weighted by atomic mass is 16.6. The Bertz CT molecular complexity index is 715. The fourth-order valence-corrected chi connectivity index (χ4v) is 4.86. The van der Waals surface area contributed by atoms with E-state index in [0.29, 0.717) is 24.3 Å². The molecule has 0 N–H and O–H groups in total. The van der Waals surface area contributed by atoms with Crippen LogP contribution in [0.4, 0.5) is 4.79 Å². The Labute approximate surface area is 187 Å². The number of pyridine rings is 1. The molecule has 0 spiro atoms. The van der Waals surface area contributed by atoms with Crippen LogP contribution in [0.2, 0.25) is 0 Å². The molecule has 2 amide bonds. The molecule has 1 saturated carbocycles. The molecule has 0 radical (unpaired) electrons. The number of carbonyl (C=O) groups excluding carboxylic acids is 2. The summed E-state index contributed by atoms with van der Waals surface area (Å²) in [4.78, 5) is 33.1. The number of nitrogens with zero attached hydrogens (tertiary/aromatic N) is 3. The lowest BCUT2D eigenvalue weighted by Crippen LogP contribution is -2.43. The van der Waals surface area contributed by atoms with Crippen molar-refractivity contribution >= 4 is 12.0 Å². The van der Waals surface area contributed by atoms with Crippen molar-refractivity contribution in [2.45, 2.75) is 71.3 Å². The van der Waals surface area contributed by atoms with E-state index in [4.69, 9.17) is 4.74 Å². The lowest BCUT2D eigenvalue weighted by molar-refractivity contribution is -0.138. The van der Waals surface area contributed by atoms with Gasteiger partial charge in [0.05, 0.1) is 0 Å². The van der Waals surface area contributed by atoms with Crippen molar-refractivity contribution in [3.63, 3.8) is 0 Å². The maximum Gasteiger partial charge on any atom is 0.410 e. The van der Waals surface area contributed by atoms with E-state index in [0.717, 1.165) is 58.0 Å². The molecular formula is C25H39N3O3. The van der Waals surface area contributed by atoms with Crippen LogP contribution < -0.4 is 0 Å². The molecule has 3 rings (SSSR count). The SMILES string of the molecule is CN(C[C@H]1CC[C@H](C(=O)N2CCC(Cc3ccncc3)CC2)CC1)C(=O)OC(C)(C)C. The Morgan fingerprint density at radius 3 is 2.23 bits per heavy atom. The third kappa shape index (κ3) is 7.22. The number of rotatable bonds is 5. The van der Waals surface area contributed by atoms with Gasteiger partial charge in [-0.25, -0.2) is 4.79 Å². The van der Waals surface area contributed by atoms with Crippen LogP contribution >= 0.6 is 0 Å². The van der Waals surface area contributed by atoms with Crippen molar-refractivity contribution in [3.05, 3.63) is 30.1 Å². The number of piperidine rings is 1. The van der Waals surface area contributed by atoms with Crippen molar-refractivity contribution < 1.29 is 14.3 Å². The van der Waals surface area contributed by atoms with Crippen LogP contribution in [0.15, 0.2) is 24.5 Å². The monoisotopic (exact) mass is 429 g/mol. The molecule has 1 aliphatic heterocycles. The maximum absolute atomic E-state index is 13.0. The van der Waals surface area contributed by atoms with Gasteiger partial charge >= 0.3 is 6.09 Å². The second kappa shape index (κ2) is 10.5. The van der Waals surface area contributed by atoms with E-state index in [-0.39, 0.29) is 12.0 Å². The van der Waals surface area contributed by atoms with E-state index in [9.17, 15) is 9.59 Å². The predicted molar refractivity (Wildman–Crippen MR) is 122 cm³/mol. The molecule has 31 heavy (non-hydrogen) atoms. The zero-order chi connectivity index (χ0) is 22.4. The van der Waals surface area contributed by atoms with Crippen LogP contribution in [0.5, 0.6) is 0 Å². The zero-order valence-electron chi connectivity index (χ0n) is 19.7. The van der Waals surface area contributed by atoms with E-state index >= 15 is 0 Å². The average Bonchev–Trinajstić information content (AvgIpc) is 2.74. The van der Waals surface area contributed by atoms with E-state index < -0.39 is 5.60 Å². The molecule has 0 atom stereocenters. The quantitative estimate of drug-likeness (QED) is 0.690. The molecule has 0 unspecified atom stereocenters. The third-order valence-corrected chi connectivity index (χ3v) is 6.63. The third-order valence-electron chi connectivity index (χ3n) is 6.63. The van der Waals surface area contributed by atoms with Crippen molar-refractivity contribution in [2.24, 2.45) is 17.8 Å². The minimum Gasteiger partial charge on any atom is -0.444 e. The minimum atomic E-state index is -0.471. The topological polar surface area (TPSA) is 62.7 Å². The van der Waals surface area contributed by atoms with Gasteiger partial charge in [0.1, 0.15) is 5.60 Å². The second-order valence-electron chi connectivity index (χ2n) is 10.4. The van der Waals surface area contributed by atoms with Gasteiger partial charge in [-0.3, -0.25) is 9.78 Å². The zero-order valence-corrected chi connectivity index (χ0v) is 19.7. The molecule has 2 heterocycles. The summed E-state index contributed by atoms with van der Waals surface area (Å²) in [7, 11) is 1.81. The van der Waals surface area contributed by atoms with Gasteiger partial charge in [-0.2, -0.15) is 0 Å². The molecule has 6 nitrogen and oxygen atoms in total. The Morgan fingerprint density at radius 2 is 1.65 bits per heavy atom. The lowest BCUT2D eigenvalue weighted by atomic mass is 9.80. The molecule has 2 aliphatic rings. The normalized spacial score (nSPS) is 22.8. The van der Waals surface area contributed by atoms with E-state index in [1.54, 1.807) is 11.9 Å². The molecule has 1 aromatic rings. The molecule has 1 aliphatic carbocycles. The Balaban J connectivity index is 1.38. The first-order chi connectivity index (χ1) is 14.7. The standard InChI is InChI=1S/C25H39N3O3/c1-25(2,3)31-24(30)27(4)18-21-5-7-22(8-6-21)23(29)28-15-11-20(12-16-28)17-19-9-13-26-14-10-19/h9-10,13-14,20-22H,5-8,11-12,15-18H2,1-4H3/t21-,22-. The highest BCUT2D eigenvalue weighted by Gasteiger charge is 2.32. The summed E-state index contributed by atoms with van der Waals surface area (Å²) in [6, 6.07) is 4.19. The first-order valence-corrected chi connectivity index (χ1v) is 11.8. The highest BCUT2D eigenvalue weighted by molar-refractivity contribution is 5.79. The number of likely N-dealkylation sites (tertiary alicyclic amines) is 1. The van der Waals surface area contributed by atoms with Gasteiger partial charge in [0.15, 0.2) is 0 Å². The Morgan fingerprint density at radius 1 is 1.03 bits per heavy atom. The molecule has 0 bridgehead atoms. The summed E-state index contributed by atoms with van der Waals surface area (Å²) in [5.41, 5.74) is 0.871. The van der Waals surface area contributed by atoms with Crippen molar-refractivity contribution in [1.82, 2.24) is 14.8 Å². The molecule has 2 fully saturated rings. The van der Waals surface area contributed by atoms with Crippen LogP contribution in [0.25, 0.3) is 0 Å². The number of hydrogen-bond donors (Lipinski definition) is 0. The van der Waals surface area contributed by atoms with Crippen LogP contribution in [0.1, 0.15) is 64.9 Å². The van der Waals surface area contributed by atoms with Gasteiger partial charge in [-0.15, -0.1) is 0 Å². The van der Waals surface area contributed by atoms with Gasteiger partial charge < -0.3 is 14.5 Å². The second-order valence-corrected chi connectivity index (χ2v) is 10.4. The van der Waals surface area contributed by atoms with E-state index in [2.05, 4.69) is 22.0 Å². The number of ether oxygens (including phenoxy) is 1. The van der Waals surface area contributed by atoms with Gasteiger partial charge in [-0.1, -0.05) is 0 Å². The summed E-state index contributed by atoms with van der Waals surface area (Å²) < 4.78 is 5.45. The van der Waals surface area contributed by atoms with Gasteiger partial charge in [0.2, 0.25) is 5.91 Å². The maximum atomic E-state index is 13.0. The van der Waals surface area contributed by atoms with E-state index in [1.165, 1.54) is 5.56 Å². The minimum absolute atomic E-state index is 0.153. The number of hydrogen-bond acceptors (Lipinski definition) is 4. The van der Waals surface area contributed by atoms with Gasteiger partial charge in [0.25, 0.3) is 0 Å². The van der Waals surface area contributed by atoms with Crippen LogP contribution in [0, 0.1) is 17.8 Å². The largest absolute Gasteiger partial charge is 0.444 e. The van der Waals surface area contributed by atoms with Crippen molar-refractivity contribution in [2.75, 3.05) is 26.7 Å². The fourth-order valence-electron chi connectivity index (χ4n) is 4.86. The Hall–Kier alpha value is -2.11. The van der Waals surface area contributed by atoms with Gasteiger partial charge in [-0.05, 0) is 95.2 Å². The van der Waals surface area contributed by atoms with Gasteiger partial charge in [0, 0.05) is 45.0 Å². The predicted octanol–water partition coefficient (Wildman–Crippen LogP) is 4.54. The summed E-state index contributed by atoms with van der Waals surface area (Å²) in [5, 5.41) is 0. The molecule has 1 saturated heterocycles. The first-order valence-electron chi connectivity index (χ1n) is 11.8. The number of amides is 2. The molecule has 172 valence electrons. The number of carbonyl (C=O) groups is 2. The van der Waals surface area contributed by atoms with E-state index in [1.807, 2.05) is 33.2 Å². The smallest absolute Gasteiger partial charge is 0.410 e. The summed E-state index contributed by atoms with van der Waals surface area (Å²) in [5.74, 6) is 1.61. The first kappa shape index (κ1) is 23.6. The fraction of sp³-hybridized carbons (Fsp3) is 0.720. The van der Waals surface area contributed by atoms with Crippen molar-refractivity contribution in [3.8, 4) is 0 Å². The average molecular weight is 430 g/mol. The number of aromatic nitrogens is 1. The molecular weight excluding hydrogens is 390 g/mol. The highest BCUT2D eigenvalue weighted by Crippen LogP contribution is 2.32. The molecule has 0 aromatic carbocycles. The summed E-state index contributed by atoms with van der Waals surface area (Å²) in [6.07, 6.45) is 10.6. The summed E-state index contributed by atoms with van der Waals surface area (Å²) in [6.45, 7) is 8.13.